The van der Waals surface area contributed by atoms with Crippen LogP contribution >= 0.6 is 11.7 Å². The summed E-state index contributed by atoms with van der Waals surface area (Å²) in [5.74, 6) is -1.21. The Morgan fingerprint density at radius 3 is 2.27 bits per heavy atom. The van der Waals surface area contributed by atoms with Gasteiger partial charge in [0, 0.05) is 35.4 Å². The van der Waals surface area contributed by atoms with Crippen LogP contribution in [0.15, 0.2) is 72.3 Å². The zero-order chi connectivity index (χ0) is 25.5. The number of unbranched alkanes of at least 4 members (excludes halogenated alkanes) is 1. The van der Waals surface area contributed by atoms with Gasteiger partial charge in [0.05, 0.1) is 24.8 Å². The molecule has 4 rings (SSSR count). The molecule has 0 saturated carbocycles. The fraction of sp³-hybridized carbons (Fsp3) is 0.214. The van der Waals surface area contributed by atoms with Gasteiger partial charge >= 0.3 is 51.4 Å². The van der Waals surface area contributed by atoms with Crippen LogP contribution in [-0.2, 0) is 11.2 Å². The Kier molecular flexibility index (Phi) is 11.0. The predicted octanol–water partition coefficient (Wildman–Crippen LogP) is 1.54. The Balaban J connectivity index is 0.00000380. The third kappa shape index (κ3) is 7.34. The van der Waals surface area contributed by atoms with Crippen LogP contribution in [-0.4, -0.2) is 34.2 Å². The van der Waals surface area contributed by atoms with Crippen LogP contribution in [0.5, 0.6) is 5.75 Å². The van der Waals surface area contributed by atoms with Gasteiger partial charge in [-0.3, -0.25) is 4.79 Å². The molecule has 184 valence electrons. The molecule has 0 radical (unpaired) electrons. The summed E-state index contributed by atoms with van der Waals surface area (Å²) >= 11 is 1.04. The molecular formula is C28H26KN3O4S. The van der Waals surface area contributed by atoms with E-state index in [-0.39, 0.29) is 69.0 Å². The number of aromatic nitrogens is 2. The van der Waals surface area contributed by atoms with E-state index in [1.165, 1.54) is 0 Å². The monoisotopic (exact) mass is 539 g/mol. The van der Waals surface area contributed by atoms with Crippen molar-refractivity contribution >= 4 is 45.8 Å². The van der Waals surface area contributed by atoms with Gasteiger partial charge in [0.1, 0.15) is 16.8 Å². The molecule has 1 heterocycles. The molecule has 1 N–H and O–H groups in total. The number of ether oxygens (including phenoxy) is 1. The fourth-order valence-electron chi connectivity index (χ4n) is 3.91. The number of hydrogen-bond donors (Lipinski definition) is 1. The molecular weight excluding hydrogens is 513 g/mol. The molecule has 0 atom stereocenters. The summed E-state index contributed by atoms with van der Waals surface area (Å²) < 4.78 is 13.6. The minimum absolute atomic E-state index is 0. The van der Waals surface area contributed by atoms with Gasteiger partial charge in [0.2, 0.25) is 0 Å². The van der Waals surface area contributed by atoms with Crippen LogP contribution in [0.1, 0.15) is 41.3 Å². The quantitative estimate of drug-likeness (QED) is 0.133. The average Bonchev–Trinajstić information content (AvgIpc) is 3.37. The molecule has 4 aromatic rings. The maximum atomic E-state index is 13.7. The van der Waals surface area contributed by atoms with Crippen molar-refractivity contribution in [3.8, 4) is 5.75 Å². The van der Waals surface area contributed by atoms with Crippen LogP contribution in [0.3, 0.4) is 0 Å². The molecule has 0 unspecified atom stereocenters. The van der Waals surface area contributed by atoms with Crippen LogP contribution < -0.4 is 66.5 Å². The molecule has 0 spiro atoms. The minimum atomic E-state index is -1.42. The Hall–Kier alpha value is -2.40. The van der Waals surface area contributed by atoms with Gasteiger partial charge in [-0.2, -0.15) is 8.75 Å². The number of methoxy groups -OCH3 is 1. The molecule has 1 aromatic heterocycles. The third-order valence-corrected chi connectivity index (χ3v) is 6.43. The SMILES string of the molecule is CCCCNc1ccc(CC(C(=O)c2ccc(OC)cc2)=C(C(=O)[O-])c2ccc3nsnc3c2)cc1.[K+]. The van der Waals surface area contributed by atoms with Crippen LogP contribution in [0.25, 0.3) is 16.6 Å². The van der Waals surface area contributed by atoms with E-state index in [0.29, 0.717) is 27.9 Å². The zero-order valence-corrected chi connectivity index (χ0v) is 25.1. The van der Waals surface area contributed by atoms with Crippen LogP contribution in [0.4, 0.5) is 5.69 Å². The van der Waals surface area contributed by atoms with Gasteiger partial charge in [0.25, 0.3) is 0 Å². The normalized spacial score (nSPS) is 11.4. The van der Waals surface area contributed by atoms with E-state index in [2.05, 4.69) is 21.0 Å². The number of fused-ring (bicyclic) bond motifs is 1. The number of carbonyl (C=O) groups is 2. The summed E-state index contributed by atoms with van der Waals surface area (Å²) in [5.41, 5.74) is 3.70. The van der Waals surface area contributed by atoms with Gasteiger partial charge in [0.15, 0.2) is 5.78 Å². The minimum Gasteiger partial charge on any atom is -0.545 e. The number of allylic oxidation sites excluding steroid dienone is 1. The Bertz CT molecular complexity index is 1400. The van der Waals surface area contributed by atoms with E-state index in [9.17, 15) is 14.7 Å². The van der Waals surface area contributed by atoms with Crippen LogP contribution in [0.2, 0.25) is 0 Å². The predicted molar refractivity (Wildman–Crippen MR) is 140 cm³/mol. The first-order valence-electron chi connectivity index (χ1n) is 11.7. The van der Waals surface area contributed by atoms with Crippen molar-refractivity contribution in [1.82, 2.24) is 8.75 Å². The van der Waals surface area contributed by atoms with E-state index < -0.39 is 11.8 Å². The first-order valence-corrected chi connectivity index (χ1v) is 12.4. The molecule has 9 heteroatoms. The molecule has 0 aliphatic heterocycles. The number of anilines is 1. The number of hydrogen-bond acceptors (Lipinski definition) is 8. The average molecular weight is 540 g/mol. The van der Waals surface area contributed by atoms with Crippen molar-refractivity contribution in [1.29, 1.82) is 0 Å². The van der Waals surface area contributed by atoms with Crippen molar-refractivity contribution in [2.24, 2.45) is 0 Å². The second kappa shape index (κ2) is 13.9. The molecule has 0 fully saturated rings. The number of carbonyl (C=O) groups excluding carboxylic acids is 2. The Morgan fingerprint density at radius 2 is 1.62 bits per heavy atom. The number of benzene rings is 3. The summed E-state index contributed by atoms with van der Waals surface area (Å²) in [5, 5.41) is 15.8. The smallest absolute Gasteiger partial charge is 0.545 e. The van der Waals surface area contributed by atoms with Crippen molar-refractivity contribution in [2.45, 2.75) is 26.2 Å². The number of carboxylic acid groups (broad SMARTS) is 1. The number of aliphatic carboxylic acids is 1. The zero-order valence-electron chi connectivity index (χ0n) is 21.1. The van der Waals surface area contributed by atoms with Gasteiger partial charge < -0.3 is 20.0 Å². The summed E-state index contributed by atoms with van der Waals surface area (Å²) in [4.78, 5) is 26.2. The molecule has 0 aliphatic carbocycles. The summed E-state index contributed by atoms with van der Waals surface area (Å²) in [7, 11) is 1.54. The van der Waals surface area contributed by atoms with Crippen molar-refractivity contribution in [2.75, 3.05) is 19.0 Å². The van der Waals surface area contributed by atoms with E-state index in [1.54, 1.807) is 49.6 Å². The molecule has 0 amide bonds. The van der Waals surface area contributed by atoms with E-state index in [1.807, 2.05) is 24.3 Å². The standard InChI is InChI=1S/C28H27N3O4S.K/c1-3-4-15-29-21-10-5-18(6-11-21)16-23(27(32)19-7-12-22(35-2)13-8-19)26(28(33)34)20-9-14-24-25(17-20)31-36-30-24;/h5-14,17,29H,3-4,15-16H2,1-2H3,(H,33,34);/q;+1/p-1. The summed E-state index contributed by atoms with van der Waals surface area (Å²) in [6.07, 6.45) is 2.29. The molecule has 7 nitrogen and oxygen atoms in total. The van der Waals surface area contributed by atoms with Gasteiger partial charge in [-0.25, -0.2) is 0 Å². The van der Waals surface area contributed by atoms with Gasteiger partial charge in [-0.05, 0) is 66.1 Å². The number of ketones is 1. The summed E-state index contributed by atoms with van der Waals surface area (Å²) in [6, 6.07) is 19.2. The molecule has 0 bridgehead atoms. The first kappa shape index (κ1) is 29.2. The van der Waals surface area contributed by atoms with Crippen molar-refractivity contribution in [3.63, 3.8) is 0 Å². The van der Waals surface area contributed by atoms with Crippen molar-refractivity contribution < 1.29 is 70.8 Å². The third-order valence-electron chi connectivity index (χ3n) is 5.87. The number of nitrogens with one attached hydrogen (secondary N) is 1. The largest absolute Gasteiger partial charge is 1.00 e. The van der Waals surface area contributed by atoms with E-state index >= 15 is 0 Å². The molecule has 37 heavy (non-hydrogen) atoms. The Morgan fingerprint density at radius 1 is 0.946 bits per heavy atom. The Labute approximate surface area is 262 Å². The fourth-order valence-corrected chi connectivity index (χ4v) is 4.42. The summed E-state index contributed by atoms with van der Waals surface area (Å²) in [6.45, 7) is 3.01. The number of Topliss-reactive ketones (excluding diaryl/α,β-unsaturated/α-hetero) is 1. The molecule has 3 aromatic carbocycles. The van der Waals surface area contributed by atoms with Gasteiger partial charge in [-0.15, -0.1) is 0 Å². The van der Waals surface area contributed by atoms with E-state index in [4.69, 9.17) is 4.74 Å². The molecule has 0 saturated heterocycles. The topological polar surface area (TPSA) is 104 Å². The maximum Gasteiger partial charge on any atom is 1.00 e. The van der Waals surface area contributed by atoms with E-state index in [0.717, 1.165) is 42.4 Å². The number of rotatable bonds is 11. The first-order chi connectivity index (χ1) is 17.5. The maximum absolute atomic E-state index is 13.7. The van der Waals surface area contributed by atoms with Crippen LogP contribution in [0, 0.1) is 0 Å². The number of carboxylic acids is 1. The molecule has 0 aliphatic rings. The second-order valence-corrected chi connectivity index (χ2v) is 8.85. The van der Waals surface area contributed by atoms with Gasteiger partial charge in [-0.1, -0.05) is 31.5 Å². The number of nitrogens with zero attached hydrogens (tertiary/aromatic N) is 2. The van der Waals surface area contributed by atoms with Crippen molar-refractivity contribution in [3.05, 3.63) is 89.0 Å². The second-order valence-electron chi connectivity index (χ2n) is 8.32.